The first-order valence-corrected chi connectivity index (χ1v) is 6.01. The number of rotatable bonds is 2. The Morgan fingerprint density at radius 3 is 2.21 bits per heavy atom. The van der Waals surface area contributed by atoms with Gasteiger partial charge in [-0.3, -0.25) is 9.97 Å². The van der Waals surface area contributed by atoms with Crippen LogP contribution in [0, 0.1) is 0 Å². The summed E-state index contributed by atoms with van der Waals surface area (Å²) in [5.41, 5.74) is 3.20. The van der Waals surface area contributed by atoms with Gasteiger partial charge in [0.15, 0.2) is 0 Å². The molecule has 0 aliphatic heterocycles. The van der Waals surface area contributed by atoms with Gasteiger partial charge in [-0.05, 0) is 24.3 Å². The summed E-state index contributed by atoms with van der Waals surface area (Å²) < 4.78 is 0. The molecule has 0 fully saturated rings. The van der Waals surface area contributed by atoms with Crippen molar-refractivity contribution in [3.63, 3.8) is 0 Å². The second-order valence-corrected chi connectivity index (χ2v) is 4.13. The number of hydrogen-bond acceptors (Lipinski definition) is 3. The number of phenols is 1. The first kappa shape index (κ1) is 11.4. The predicted octanol–water partition coefficient (Wildman–Crippen LogP) is 3.52. The fourth-order valence-electron chi connectivity index (χ4n) is 2.03. The lowest BCUT2D eigenvalue weighted by Gasteiger charge is -2.09. The molecular weight excluding hydrogens is 236 g/mol. The van der Waals surface area contributed by atoms with E-state index in [2.05, 4.69) is 9.97 Å². The average Bonchev–Trinajstić information content (AvgIpc) is 2.49. The highest BCUT2D eigenvalue weighted by Crippen LogP contribution is 2.34. The first-order chi connectivity index (χ1) is 9.36. The van der Waals surface area contributed by atoms with E-state index < -0.39 is 0 Å². The zero-order chi connectivity index (χ0) is 13.1. The van der Waals surface area contributed by atoms with Crippen LogP contribution in [0.25, 0.3) is 22.5 Å². The van der Waals surface area contributed by atoms with Gasteiger partial charge in [-0.1, -0.05) is 30.3 Å². The number of aromatic nitrogens is 2. The maximum atomic E-state index is 9.99. The van der Waals surface area contributed by atoms with E-state index in [1.165, 1.54) is 0 Å². The van der Waals surface area contributed by atoms with Crippen molar-refractivity contribution in [1.29, 1.82) is 0 Å². The van der Waals surface area contributed by atoms with Gasteiger partial charge in [-0.2, -0.15) is 0 Å². The molecule has 0 radical (unpaired) electrons. The molecule has 0 aliphatic rings. The molecule has 0 spiro atoms. The highest BCUT2D eigenvalue weighted by atomic mass is 16.3. The lowest BCUT2D eigenvalue weighted by Crippen LogP contribution is -1.91. The molecule has 0 saturated carbocycles. The molecule has 3 aromatic rings. The lowest BCUT2D eigenvalue weighted by molar-refractivity contribution is 0.477. The third kappa shape index (κ3) is 2.18. The Hall–Kier alpha value is -2.68. The maximum Gasteiger partial charge on any atom is 0.123 e. The number of aromatic hydroxyl groups is 1. The highest BCUT2D eigenvalue weighted by molar-refractivity contribution is 5.82. The molecular formula is C16H12N2O. The van der Waals surface area contributed by atoms with Crippen molar-refractivity contribution in [2.75, 3.05) is 0 Å². The van der Waals surface area contributed by atoms with Gasteiger partial charge >= 0.3 is 0 Å². The van der Waals surface area contributed by atoms with Gasteiger partial charge in [0.1, 0.15) is 5.75 Å². The molecule has 2 aromatic heterocycles. The van der Waals surface area contributed by atoms with Gasteiger partial charge < -0.3 is 5.11 Å². The molecule has 2 heterocycles. The molecule has 3 nitrogen and oxygen atoms in total. The van der Waals surface area contributed by atoms with Gasteiger partial charge in [0.2, 0.25) is 0 Å². The van der Waals surface area contributed by atoms with Crippen molar-refractivity contribution < 1.29 is 5.11 Å². The van der Waals surface area contributed by atoms with Crippen molar-refractivity contribution in [2.45, 2.75) is 0 Å². The van der Waals surface area contributed by atoms with Crippen LogP contribution in [0.2, 0.25) is 0 Å². The van der Waals surface area contributed by atoms with Crippen LogP contribution in [0.3, 0.4) is 0 Å². The number of phenolic OH excluding ortho intramolecular Hbond substituents is 1. The predicted molar refractivity (Wildman–Crippen MR) is 74.6 cm³/mol. The smallest absolute Gasteiger partial charge is 0.123 e. The van der Waals surface area contributed by atoms with Crippen molar-refractivity contribution in [2.24, 2.45) is 0 Å². The molecule has 0 atom stereocenters. The summed E-state index contributed by atoms with van der Waals surface area (Å²) in [7, 11) is 0. The van der Waals surface area contributed by atoms with E-state index in [1.54, 1.807) is 24.5 Å². The third-order valence-corrected chi connectivity index (χ3v) is 2.91. The van der Waals surface area contributed by atoms with E-state index in [-0.39, 0.29) is 5.75 Å². The molecule has 0 saturated heterocycles. The number of nitrogens with zero attached hydrogens (tertiary/aromatic N) is 2. The second-order valence-electron chi connectivity index (χ2n) is 4.13. The summed E-state index contributed by atoms with van der Waals surface area (Å²) in [4.78, 5) is 8.71. The maximum absolute atomic E-state index is 9.99. The normalized spacial score (nSPS) is 10.3. The Balaban J connectivity index is 2.21. The molecule has 0 amide bonds. The van der Waals surface area contributed by atoms with Crippen molar-refractivity contribution in [1.82, 2.24) is 9.97 Å². The second kappa shape index (κ2) is 4.90. The summed E-state index contributed by atoms with van der Waals surface area (Å²) in [6, 6.07) is 16.7. The van der Waals surface area contributed by atoms with E-state index in [9.17, 15) is 5.11 Å². The molecule has 0 bridgehead atoms. The minimum atomic E-state index is 0.243. The largest absolute Gasteiger partial charge is 0.507 e. The van der Waals surface area contributed by atoms with Crippen LogP contribution in [-0.4, -0.2) is 15.1 Å². The Labute approximate surface area is 111 Å². The number of hydrogen-bond donors (Lipinski definition) is 1. The standard InChI is InChI=1S/C16H12N2O/c19-15-9-2-1-6-12(15)13-7-5-11-18-16(13)14-8-3-4-10-17-14/h1-11,19H. The van der Waals surface area contributed by atoms with Gasteiger partial charge in [-0.25, -0.2) is 0 Å². The first-order valence-electron chi connectivity index (χ1n) is 6.01. The molecule has 3 rings (SSSR count). The number of benzene rings is 1. The monoisotopic (exact) mass is 248 g/mol. The Morgan fingerprint density at radius 1 is 0.684 bits per heavy atom. The average molecular weight is 248 g/mol. The SMILES string of the molecule is Oc1ccccc1-c1cccnc1-c1ccccn1. The molecule has 92 valence electrons. The fourth-order valence-corrected chi connectivity index (χ4v) is 2.03. The summed E-state index contributed by atoms with van der Waals surface area (Å²) in [6.07, 6.45) is 3.46. The van der Waals surface area contributed by atoms with Crippen molar-refractivity contribution >= 4 is 0 Å². The summed E-state index contributed by atoms with van der Waals surface area (Å²) in [6.45, 7) is 0. The van der Waals surface area contributed by atoms with Gasteiger partial charge in [0.25, 0.3) is 0 Å². The van der Waals surface area contributed by atoms with Gasteiger partial charge in [-0.15, -0.1) is 0 Å². The van der Waals surface area contributed by atoms with E-state index in [1.807, 2.05) is 42.5 Å². The zero-order valence-corrected chi connectivity index (χ0v) is 10.2. The van der Waals surface area contributed by atoms with Crippen molar-refractivity contribution in [3.05, 3.63) is 67.0 Å². The van der Waals surface area contributed by atoms with E-state index in [0.29, 0.717) is 0 Å². The summed E-state index contributed by atoms with van der Waals surface area (Å²) in [5.74, 6) is 0.243. The van der Waals surface area contributed by atoms with E-state index >= 15 is 0 Å². The van der Waals surface area contributed by atoms with Gasteiger partial charge in [0.05, 0.1) is 11.4 Å². The minimum absolute atomic E-state index is 0.243. The number of pyridine rings is 2. The molecule has 19 heavy (non-hydrogen) atoms. The Bertz CT molecular complexity index is 696. The summed E-state index contributed by atoms with van der Waals surface area (Å²) in [5, 5.41) is 9.99. The Morgan fingerprint density at radius 2 is 1.42 bits per heavy atom. The molecule has 0 aliphatic carbocycles. The van der Waals surface area contributed by atoms with E-state index in [4.69, 9.17) is 0 Å². The third-order valence-electron chi connectivity index (χ3n) is 2.91. The van der Waals surface area contributed by atoms with Crippen LogP contribution in [0.1, 0.15) is 0 Å². The zero-order valence-electron chi connectivity index (χ0n) is 10.2. The van der Waals surface area contributed by atoms with Crippen LogP contribution >= 0.6 is 0 Å². The fraction of sp³-hybridized carbons (Fsp3) is 0. The summed E-state index contributed by atoms with van der Waals surface area (Å²) >= 11 is 0. The van der Waals surface area contributed by atoms with Crippen LogP contribution in [0.4, 0.5) is 0 Å². The highest BCUT2D eigenvalue weighted by Gasteiger charge is 2.11. The lowest BCUT2D eigenvalue weighted by atomic mass is 10.0. The van der Waals surface area contributed by atoms with Crippen LogP contribution in [-0.2, 0) is 0 Å². The molecule has 0 unspecified atom stereocenters. The topological polar surface area (TPSA) is 46.0 Å². The molecule has 1 aromatic carbocycles. The minimum Gasteiger partial charge on any atom is -0.507 e. The molecule has 1 N–H and O–H groups in total. The van der Waals surface area contributed by atoms with Crippen LogP contribution in [0.15, 0.2) is 67.0 Å². The van der Waals surface area contributed by atoms with Crippen LogP contribution in [0.5, 0.6) is 5.75 Å². The van der Waals surface area contributed by atoms with Crippen LogP contribution < -0.4 is 0 Å². The Kier molecular flexibility index (Phi) is 2.94. The van der Waals surface area contributed by atoms with Crippen molar-refractivity contribution in [3.8, 4) is 28.3 Å². The van der Waals surface area contributed by atoms with E-state index in [0.717, 1.165) is 22.5 Å². The quantitative estimate of drug-likeness (QED) is 0.754. The number of para-hydroxylation sites is 1. The molecule has 3 heteroatoms. The van der Waals surface area contributed by atoms with Gasteiger partial charge in [0, 0.05) is 23.5 Å².